The summed E-state index contributed by atoms with van der Waals surface area (Å²) < 4.78 is 0. The Morgan fingerprint density at radius 2 is 1.65 bits per heavy atom. The fourth-order valence-corrected chi connectivity index (χ4v) is 3.49. The minimum atomic E-state index is 0.00193. The number of likely N-dealkylation sites (tertiary alicyclic amines) is 1. The lowest BCUT2D eigenvalue weighted by Crippen LogP contribution is -2.39. The number of carbonyl (C=O) groups is 2. The summed E-state index contributed by atoms with van der Waals surface area (Å²) in [6.07, 6.45) is 3.40. The van der Waals surface area contributed by atoms with E-state index in [0.29, 0.717) is 18.0 Å². The Kier molecular flexibility index (Phi) is 6.18. The third kappa shape index (κ3) is 5.27. The van der Waals surface area contributed by atoms with Gasteiger partial charge >= 0.3 is 0 Å². The summed E-state index contributed by atoms with van der Waals surface area (Å²) in [5, 5.41) is 2.91. The zero-order valence-corrected chi connectivity index (χ0v) is 15.3. The van der Waals surface area contributed by atoms with Gasteiger partial charge in [-0.1, -0.05) is 30.3 Å². The molecule has 0 aromatic heterocycles. The molecule has 3 rings (SSSR count). The Labute approximate surface area is 155 Å². The van der Waals surface area contributed by atoms with Crippen LogP contribution in [0.3, 0.4) is 0 Å². The summed E-state index contributed by atoms with van der Waals surface area (Å²) in [7, 11) is 0. The summed E-state index contributed by atoms with van der Waals surface area (Å²) in [4.78, 5) is 25.8. The van der Waals surface area contributed by atoms with E-state index < -0.39 is 0 Å². The number of hydrogen-bond donors (Lipinski definition) is 1. The lowest BCUT2D eigenvalue weighted by Gasteiger charge is -2.31. The van der Waals surface area contributed by atoms with Gasteiger partial charge in [0.25, 0.3) is 0 Å². The van der Waals surface area contributed by atoms with E-state index in [2.05, 4.69) is 40.5 Å². The third-order valence-corrected chi connectivity index (χ3v) is 5.02. The van der Waals surface area contributed by atoms with E-state index in [1.165, 1.54) is 12.5 Å². The van der Waals surface area contributed by atoms with Crippen LogP contribution in [-0.2, 0) is 11.2 Å². The Morgan fingerprint density at radius 1 is 1.00 bits per heavy atom. The van der Waals surface area contributed by atoms with Crippen LogP contribution in [0, 0.1) is 5.92 Å². The van der Waals surface area contributed by atoms with E-state index in [1.807, 2.05) is 0 Å². The predicted octanol–water partition coefficient (Wildman–Crippen LogP) is 3.78. The summed E-state index contributed by atoms with van der Waals surface area (Å²) in [6, 6.07) is 17.7. The SMILES string of the molecule is CC(=O)c1ccc(NC(=O)CN2CCC(Cc3ccccc3)CC2)cc1. The van der Waals surface area contributed by atoms with Crippen LogP contribution >= 0.6 is 0 Å². The number of amides is 1. The van der Waals surface area contributed by atoms with Crippen molar-refractivity contribution in [3.05, 3.63) is 65.7 Å². The molecule has 1 heterocycles. The smallest absolute Gasteiger partial charge is 0.238 e. The van der Waals surface area contributed by atoms with Crippen molar-refractivity contribution >= 4 is 17.4 Å². The summed E-state index contributed by atoms with van der Waals surface area (Å²) in [5.74, 6) is 0.735. The molecular formula is C22H26N2O2. The van der Waals surface area contributed by atoms with Crippen LogP contribution < -0.4 is 5.32 Å². The van der Waals surface area contributed by atoms with Crippen molar-refractivity contribution in [2.75, 3.05) is 25.0 Å². The highest BCUT2D eigenvalue weighted by molar-refractivity contribution is 5.96. The number of nitrogens with one attached hydrogen (secondary N) is 1. The maximum Gasteiger partial charge on any atom is 0.238 e. The van der Waals surface area contributed by atoms with Gasteiger partial charge in [-0.15, -0.1) is 0 Å². The second-order valence-corrected chi connectivity index (χ2v) is 7.09. The maximum atomic E-state index is 12.3. The zero-order chi connectivity index (χ0) is 18.4. The van der Waals surface area contributed by atoms with Gasteiger partial charge in [0.05, 0.1) is 6.54 Å². The normalized spacial score (nSPS) is 15.6. The van der Waals surface area contributed by atoms with E-state index in [9.17, 15) is 9.59 Å². The number of Topliss-reactive ketones (excluding diaryl/α,β-unsaturated/α-hetero) is 1. The zero-order valence-electron chi connectivity index (χ0n) is 15.3. The molecule has 0 unspecified atom stereocenters. The monoisotopic (exact) mass is 350 g/mol. The van der Waals surface area contributed by atoms with Crippen LogP contribution in [0.2, 0.25) is 0 Å². The van der Waals surface area contributed by atoms with Gasteiger partial charge in [0.1, 0.15) is 0 Å². The minimum absolute atomic E-state index is 0.00193. The molecule has 0 radical (unpaired) electrons. The molecule has 2 aromatic rings. The van der Waals surface area contributed by atoms with Crippen molar-refractivity contribution in [2.24, 2.45) is 5.92 Å². The molecule has 0 aliphatic carbocycles. The fourth-order valence-electron chi connectivity index (χ4n) is 3.49. The van der Waals surface area contributed by atoms with Crippen molar-refractivity contribution < 1.29 is 9.59 Å². The standard InChI is InChI=1S/C22H26N2O2/c1-17(25)20-7-9-21(10-8-20)23-22(26)16-24-13-11-19(12-14-24)15-18-5-3-2-4-6-18/h2-10,19H,11-16H2,1H3,(H,23,26). The van der Waals surface area contributed by atoms with E-state index in [0.717, 1.165) is 38.0 Å². The molecule has 0 bridgehead atoms. The average molecular weight is 350 g/mol. The first-order valence-corrected chi connectivity index (χ1v) is 9.27. The third-order valence-electron chi connectivity index (χ3n) is 5.02. The number of hydrogen-bond acceptors (Lipinski definition) is 3. The first kappa shape index (κ1) is 18.3. The average Bonchev–Trinajstić information content (AvgIpc) is 2.64. The molecule has 2 aromatic carbocycles. The number of benzene rings is 2. The van der Waals surface area contributed by atoms with Crippen LogP contribution in [0.25, 0.3) is 0 Å². The van der Waals surface area contributed by atoms with E-state index in [4.69, 9.17) is 0 Å². The van der Waals surface area contributed by atoms with E-state index >= 15 is 0 Å². The predicted molar refractivity (Wildman–Crippen MR) is 104 cm³/mol. The number of rotatable bonds is 6. The quantitative estimate of drug-likeness (QED) is 0.807. The number of carbonyl (C=O) groups excluding carboxylic acids is 2. The van der Waals surface area contributed by atoms with Crippen molar-refractivity contribution in [1.82, 2.24) is 4.90 Å². The van der Waals surface area contributed by atoms with Gasteiger partial charge in [-0.05, 0) is 75.0 Å². The molecule has 136 valence electrons. The summed E-state index contributed by atoms with van der Waals surface area (Å²) >= 11 is 0. The highest BCUT2D eigenvalue weighted by Crippen LogP contribution is 2.21. The van der Waals surface area contributed by atoms with Crippen LogP contribution in [0.5, 0.6) is 0 Å². The number of ketones is 1. The molecule has 0 atom stereocenters. The molecule has 1 amide bonds. The fraction of sp³-hybridized carbons (Fsp3) is 0.364. The molecule has 0 saturated carbocycles. The highest BCUT2D eigenvalue weighted by atomic mass is 16.2. The molecule has 4 heteroatoms. The molecule has 4 nitrogen and oxygen atoms in total. The summed E-state index contributed by atoms with van der Waals surface area (Å²) in [5.41, 5.74) is 2.79. The van der Waals surface area contributed by atoms with Gasteiger partial charge in [0.2, 0.25) is 5.91 Å². The number of nitrogens with zero attached hydrogens (tertiary/aromatic N) is 1. The van der Waals surface area contributed by atoms with Gasteiger partial charge in [-0.2, -0.15) is 0 Å². The summed E-state index contributed by atoms with van der Waals surface area (Å²) in [6.45, 7) is 3.89. The van der Waals surface area contributed by atoms with Gasteiger partial charge in [-0.25, -0.2) is 0 Å². The minimum Gasteiger partial charge on any atom is -0.325 e. The van der Waals surface area contributed by atoms with Crippen molar-refractivity contribution in [1.29, 1.82) is 0 Å². The van der Waals surface area contributed by atoms with Crippen LogP contribution in [0.4, 0.5) is 5.69 Å². The Hall–Kier alpha value is -2.46. The van der Waals surface area contributed by atoms with E-state index in [-0.39, 0.29) is 11.7 Å². The largest absolute Gasteiger partial charge is 0.325 e. The molecule has 0 spiro atoms. The van der Waals surface area contributed by atoms with Gasteiger partial charge in [-0.3, -0.25) is 14.5 Å². The molecule has 1 aliphatic heterocycles. The first-order chi connectivity index (χ1) is 12.6. The topological polar surface area (TPSA) is 49.4 Å². The number of anilines is 1. The molecule has 26 heavy (non-hydrogen) atoms. The second kappa shape index (κ2) is 8.77. The van der Waals surface area contributed by atoms with Gasteiger partial charge in [0, 0.05) is 11.3 Å². The van der Waals surface area contributed by atoms with Crippen LogP contribution in [-0.4, -0.2) is 36.2 Å². The van der Waals surface area contributed by atoms with Gasteiger partial charge < -0.3 is 5.32 Å². The Morgan fingerprint density at radius 3 is 2.27 bits per heavy atom. The van der Waals surface area contributed by atoms with E-state index in [1.54, 1.807) is 24.3 Å². The molecular weight excluding hydrogens is 324 g/mol. The van der Waals surface area contributed by atoms with Crippen molar-refractivity contribution in [3.8, 4) is 0 Å². The second-order valence-electron chi connectivity index (χ2n) is 7.09. The van der Waals surface area contributed by atoms with Crippen LogP contribution in [0.15, 0.2) is 54.6 Å². The maximum absolute atomic E-state index is 12.3. The lowest BCUT2D eigenvalue weighted by atomic mass is 9.90. The number of piperidine rings is 1. The molecule has 1 N–H and O–H groups in total. The van der Waals surface area contributed by atoms with Crippen molar-refractivity contribution in [3.63, 3.8) is 0 Å². The molecule has 1 saturated heterocycles. The molecule has 1 aliphatic rings. The highest BCUT2D eigenvalue weighted by Gasteiger charge is 2.21. The Balaban J connectivity index is 1.42. The lowest BCUT2D eigenvalue weighted by molar-refractivity contribution is -0.117. The van der Waals surface area contributed by atoms with Crippen LogP contribution in [0.1, 0.15) is 35.7 Å². The molecule has 1 fully saturated rings. The Bertz CT molecular complexity index is 732. The first-order valence-electron chi connectivity index (χ1n) is 9.27. The van der Waals surface area contributed by atoms with Crippen molar-refractivity contribution in [2.45, 2.75) is 26.2 Å². The van der Waals surface area contributed by atoms with Gasteiger partial charge in [0.15, 0.2) is 5.78 Å².